The average Bonchev–Trinajstić information content (AvgIpc) is 2.68. The van der Waals surface area contributed by atoms with Crippen molar-refractivity contribution in [1.82, 2.24) is 9.78 Å². The Labute approximate surface area is 99.5 Å². The van der Waals surface area contributed by atoms with E-state index in [4.69, 9.17) is 0 Å². The van der Waals surface area contributed by atoms with Crippen molar-refractivity contribution in [3.05, 3.63) is 47.0 Å². The van der Waals surface area contributed by atoms with Crippen LogP contribution in [0.4, 0.5) is 4.39 Å². The molecule has 1 aromatic heterocycles. The van der Waals surface area contributed by atoms with Crippen molar-refractivity contribution < 1.29 is 9.50 Å². The summed E-state index contributed by atoms with van der Waals surface area (Å²) in [6.07, 6.45) is 2.84. The van der Waals surface area contributed by atoms with E-state index < -0.39 is 6.10 Å². The Hall–Kier alpha value is -1.68. The summed E-state index contributed by atoms with van der Waals surface area (Å²) >= 11 is 0. The third kappa shape index (κ3) is 2.22. The molecule has 90 valence electrons. The lowest BCUT2D eigenvalue weighted by Crippen LogP contribution is -2.05. The fourth-order valence-electron chi connectivity index (χ4n) is 1.76. The van der Waals surface area contributed by atoms with Gasteiger partial charge in [0.1, 0.15) is 5.82 Å². The minimum atomic E-state index is -0.732. The third-order valence-corrected chi connectivity index (χ3v) is 2.72. The number of aliphatic hydroxyl groups is 1. The standard InChI is InChI=1S/C13H15FN2O/c1-8-6-15-16(7-8)13-4-9(2)12(14)5-11(13)10(3)17/h4-7,10,17H,1-3H3/t10-/m0/s1. The lowest BCUT2D eigenvalue weighted by molar-refractivity contribution is 0.198. The molecule has 0 aliphatic carbocycles. The number of benzene rings is 1. The summed E-state index contributed by atoms with van der Waals surface area (Å²) in [5.74, 6) is -0.312. The highest BCUT2D eigenvalue weighted by atomic mass is 19.1. The van der Waals surface area contributed by atoms with E-state index in [9.17, 15) is 9.50 Å². The molecule has 2 aromatic rings. The van der Waals surface area contributed by atoms with E-state index in [0.29, 0.717) is 16.8 Å². The normalized spacial score (nSPS) is 12.8. The van der Waals surface area contributed by atoms with Crippen LogP contribution in [0.1, 0.15) is 29.7 Å². The monoisotopic (exact) mass is 234 g/mol. The van der Waals surface area contributed by atoms with Crippen LogP contribution in [0.25, 0.3) is 5.69 Å². The number of aliphatic hydroxyl groups excluding tert-OH is 1. The van der Waals surface area contributed by atoms with Crippen LogP contribution in [-0.2, 0) is 0 Å². The molecular weight excluding hydrogens is 219 g/mol. The van der Waals surface area contributed by atoms with E-state index in [1.807, 2.05) is 13.1 Å². The predicted molar refractivity (Wildman–Crippen MR) is 63.6 cm³/mol. The molecule has 0 radical (unpaired) electrons. The number of aromatic nitrogens is 2. The van der Waals surface area contributed by atoms with Crippen molar-refractivity contribution >= 4 is 0 Å². The summed E-state index contributed by atoms with van der Waals surface area (Å²) in [5.41, 5.74) is 2.81. The Balaban J connectivity index is 2.63. The molecule has 0 unspecified atom stereocenters. The maximum absolute atomic E-state index is 13.5. The molecule has 0 saturated carbocycles. The predicted octanol–water partition coefficient (Wildman–Crippen LogP) is 2.68. The molecule has 0 aliphatic heterocycles. The topological polar surface area (TPSA) is 38.0 Å². The second-order valence-corrected chi connectivity index (χ2v) is 4.30. The first-order valence-corrected chi connectivity index (χ1v) is 5.49. The van der Waals surface area contributed by atoms with Crippen molar-refractivity contribution in [2.45, 2.75) is 26.9 Å². The number of hydrogen-bond acceptors (Lipinski definition) is 2. The van der Waals surface area contributed by atoms with Crippen LogP contribution in [0, 0.1) is 19.7 Å². The van der Waals surface area contributed by atoms with Gasteiger partial charge in [0.2, 0.25) is 0 Å². The first-order valence-electron chi connectivity index (χ1n) is 5.49. The maximum atomic E-state index is 13.5. The van der Waals surface area contributed by atoms with E-state index >= 15 is 0 Å². The van der Waals surface area contributed by atoms with Crippen LogP contribution in [0.3, 0.4) is 0 Å². The van der Waals surface area contributed by atoms with Crippen molar-refractivity contribution in [2.24, 2.45) is 0 Å². The molecule has 1 heterocycles. The largest absolute Gasteiger partial charge is 0.389 e. The first-order chi connectivity index (χ1) is 7.99. The molecule has 0 amide bonds. The molecular formula is C13H15FN2O. The van der Waals surface area contributed by atoms with Crippen molar-refractivity contribution in [3.8, 4) is 5.69 Å². The van der Waals surface area contributed by atoms with E-state index in [0.717, 1.165) is 5.56 Å². The van der Waals surface area contributed by atoms with Crippen LogP contribution in [0.5, 0.6) is 0 Å². The minimum absolute atomic E-state index is 0.312. The van der Waals surface area contributed by atoms with Crippen LogP contribution in [0.2, 0.25) is 0 Å². The van der Waals surface area contributed by atoms with E-state index in [2.05, 4.69) is 5.10 Å². The van der Waals surface area contributed by atoms with Crippen LogP contribution >= 0.6 is 0 Å². The van der Waals surface area contributed by atoms with Gasteiger partial charge in [0.25, 0.3) is 0 Å². The van der Waals surface area contributed by atoms with Crippen molar-refractivity contribution in [2.75, 3.05) is 0 Å². The summed E-state index contributed by atoms with van der Waals surface area (Å²) in [6.45, 7) is 5.24. The molecule has 3 nitrogen and oxygen atoms in total. The molecule has 1 atom stereocenters. The highest BCUT2D eigenvalue weighted by Crippen LogP contribution is 2.24. The second-order valence-electron chi connectivity index (χ2n) is 4.30. The van der Waals surface area contributed by atoms with Gasteiger partial charge in [-0.15, -0.1) is 0 Å². The van der Waals surface area contributed by atoms with Crippen LogP contribution in [-0.4, -0.2) is 14.9 Å². The molecule has 17 heavy (non-hydrogen) atoms. The first kappa shape index (κ1) is 11.8. The Morgan fingerprint density at radius 1 is 1.35 bits per heavy atom. The van der Waals surface area contributed by atoms with Crippen LogP contribution in [0.15, 0.2) is 24.5 Å². The lowest BCUT2D eigenvalue weighted by atomic mass is 10.0. The van der Waals surface area contributed by atoms with E-state index in [1.54, 1.807) is 30.8 Å². The highest BCUT2D eigenvalue weighted by Gasteiger charge is 2.13. The van der Waals surface area contributed by atoms with Gasteiger partial charge in [-0.1, -0.05) is 0 Å². The number of hydrogen-bond donors (Lipinski definition) is 1. The van der Waals surface area contributed by atoms with Gasteiger partial charge in [-0.05, 0) is 44.0 Å². The molecule has 0 spiro atoms. The van der Waals surface area contributed by atoms with Gasteiger partial charge in [-0.3, -0.25) is 0 Å². The molecule has 1 aromatic carbocycles. The van der Waals surface area contributed by atoms with Gasteiger partial charge in [-0.2, -0.15) is 5.10 Å². The molecule has 1 N–H and O–H groups in total. The zero-order valence-electron chi connectivity index (χ0n) is 10.1. The number of halogens is 1. The zero-order valence-corrected chi connectivity index (χ0v) is 10.1. The SMILES string of the molecule is Cc1cnn(-c2cc(C)c(F)cc2[C@H](C)O)c1. The molecule has 0 bridgehead atoms. The van der Waals surface area contributed by atoms with Gasteiger partial charge in [0.05, 0.1) is 18.0 Å². The van der Waals surface area contributed by atoms with Gasteiger partial charge in [0.15, 0.2) is 0 Å². The summed E-state index contributed by atoms with van der Waals surface area (Å²) in [4.78, 5) is 0. The summed E-state index contributed by atoms with van der Waals surface area (Å²) < 4.78 is 15.2. The number of rotatable bonds is 2. The summed E-state index contributed by atoms with van der Waals surface area (Å²) in [6, 6.07) is 3.07. The van der Waals surface area contributed by atoms with Crippen molar-refractivity contribution in [1.29, 1.82) is 0 Å². The molecule has 2 rings (SSSR count). The molecule has 0 fully saturated rings. The zero-order chi connectivity index (χ0) is 12.6. The second kappa shape index (κ2) is 4.30. The molecule has 0 saturated heterocycles. The fourth-order valence-corrected chi connectivity index (χ4v) is 1.76. The van der Waals surface area contributed by atoms with Gasteiger partial charge >= 0.3 is 0 Å². The number of aryl methyl sites for hydroxylation is 2. The van der Waals surface area contributed by atoms with E-state index in [-0.39, 0.29) is 5.82 Å². The van der Waals surface area contributed by atoms with Crippen molar-refractivity contribution in [3.63, 3.8) is 0 Å². The molecule has 0 aliphatic rings. The third-order valence-electron chi connectivity index (χ3n) is 2.72. The highest BCUT2D eigenvalue weighted by molar-refractivity contribution is 5.45. The Morgan fingerprint density at radius 2 is 2.06 bits per heavy atom. The Kier molecular flexibility index (Phi) is 2.98. The quantitative estimate of drug-likeness (QED) is 0.867. The van der Waals surface area contributed by atoms with Gasteiger partial charge < -0.3 is 5.11 Å². The lowest BCUT2D eigenvalue weighted by Gasteiger charge is -2.13. The smallest absolute Gasteiger partial charge is 0.126 e. The minimum Gasteiger partial charge on any atom is -0.389 e. The maximum Gasteiger partial charge on any atom is 0.126 e. The Bertz CT molecular complexity index is 546. The van der Waals surface area contributed by atoms with Gasteiger partial charge in [-0.25, -0.2) is 9.07 Å². The fraction of sp³-hybridized carbons (Fsp3) is 0.308. The van der Waals surface area contributed by atoms with Gasteiger partial charge in [0, 0.05) is 11.8 Å². The van der Waals surface area contributed by atoms with Crippen LogP contribution < -0.4 is 0 Å². The summed E-state index contributed by atoms with van der Waals surface area (Å²) in [5, 5.41) is 13.9. The average molecular weight is 234 g/mol. The summed E-state index contributed by atoms with van der Waals surface area (Å²) in [7, 11) is 0. The Morgan fingerprint density at radius 3 is 2.59 bits per heavy atom. The molecule has 4 heteroatoms. The van der Waals surface area contributed by atoms with E-state index in [1.165, 1.54) is 6.07 Å². The number of nitrogens with zero attached hydrogens (tertiary/aromatic N) is 2.